The van der Waals surface area contributed by atoms with Crippen LogP contribution in [0.2, 0.25) is 0 Å². The fraction of sp³-hybridized carbons (Fsp3) is 0.786. The van der Waals surface area contributed by atoms with E-state index in [1.54, 1.807) is 0 Å². The molecule has 0 aromatic carbocycles. The van der Waals surface area contributed by atoms with Crippen molar-refractivity contribution in [1.82, 2.24) is 0 Å². The molecule has 2 saturated heterocycles. The molecule has 11 nitrogen and oxygen atoms in total. The van der Waals surface area contributed by atoms with Crippen LogP contribution in [0.5, 0.6) is 0 Å². The predicted octanol–water partition coefficient (Wildman–Crippen LogP) is 3.12. The number of allylic oxidation sites excluding steroid dienone is 1. The van der Waals surface area contributed by atoms with Crippen molar-refractivity contribution in [2.75, 3.05) is 6.61 Å². The van der Waals surface area contributed by atoms with Crippen molar-refractivity contribution in [2.24, 2.45) is 11.3 Å². The molecule has 0 aromatic heterocycles. The molecule has 2 aliphatic carbocycles. The summed E-state index contributed by atoms with van der Waals surface area (Å²) in [5.74, 6) is -2.46. The van der Waals surface area contributed by atoms with Gasteiger partial charge in [-0.05, 0) is 57.4 Å². The lowest BCUT2D eigenvalue weighted by Gasteiger charge is -2.52. The van der Waals surface area contributed by atoms with Gasteiger partial charge in [-0.1, -0.05) is 13.0 Å². The van der Waals surface area contributed by atoms with Gasteiger partial charge in [0.2, 0.25) is 18.7 Å². The van der Waals surface area contributed by atoms with Crippen LogP contribution in [0.15, 0.2) is 11.6 Å². The normalized spacial score (nSPS) is 38.6. The average molecular weight is 553 g/mol. The SMILES string of the molecule is CC(=O)O[C@H]1O[C@@H](OCC2=CCC[C@@]3(C)CC[C@@H]4CC23OC4(C)C)[C@H](OC(C)=O)[C@@H](OC(C)=O)[C@@H]1OC(C)=O. The maximum Gasteiger partial charge on any atom is 0.305 e. The second kappa shape index (κ2) is 10.8. The molecule has 4 aliphatic rings. The van der Waals surface area contributed by atoms with Crippen molar-refractivity contribution >= 4 is 23.9 Å². The van der Waals surface area contributed by atoms with Gasteiger partial charge in [0.05, 0.1) is 17.8 Å². The van der Waals surface area contributed by atoms with E-state index in [4.69, 9.17) is 33.2 Å². The lowest BCUT2D eigenvalue weighted by Crippen LogP contribution is -2.63. The first-order valence-electron chi connectivity index (χ1n) is 13.5. The summed E-state index contributed by atoms with van der Waals surface area (Å²) < 4.78 is 40.6. The number of hydrogen-bond donors (Lipinski definition) is 0. The maximum absolute atomic E-state index is 12.1. The summed E-state index contributed by atoms with van der Waals surface area (Å²) in [4.78, 5) is 47.9. The number of carbonyl (C=O) groups is 4. The molecular weight excluding hydrogens is 512 g/mol. The highest BCUT2D eigenvalue weighted by Gasteiger charge is 2.64. The Bertz CT molecular complexity index is 1030. The van der Waals surface area contributed by atoms with Gasteiger partial charge in [0, 0.05) is 33.1 Å². The van der Waals surface area contributed by atoms with Gasteiger partial charge in [0.25, 0.3) is 0 Å². The molecule has 4 rings (SSSR count). The first-order chi connectivity index (χ1) is 18.2. The number of hydrogen-bond acceptors (Lipinski definition) is 11. The summed E-state index contributed by atoms with van der Waals surface area (Å²) in [7, 11) is 0. The smallest absolute Gasteiger partial charge is 0.305 e. The van der Waals surface area contributed by atoms with E-state index in [1.165, 1.54) is 6.92 Å². The molecule has 1 saturated carbocycles. The van der Waals surface area contributed by atoms with E-state index in [0.29, 0.717) is 5.92 Å². The number of ether oxygens (including phenoxy) is 7. The van der Waals surface area contributed by atoms with E-state index >= 15 is 0 Å². The number of esters is 4. The Labute approximate surface area is 228 Å². The summed E-state index contributed by atoms with van der Waals surface area (Å²) >= 11 is 0. The molecule has 218 valence electrons. The molecule has 39 heavy (non-hydrogen) atoms. The summed E-state index contributed by atoms with van der Waals surface area (Å²) in [6, 6.07) is 0. The molecule has 0 N–H and O–H groups in total. The lowest BCUT2D eigenvalue weighted by atomic mass is 9.55. The molecule has 0 amide bonds. The third kappa shape index (κ3) is 5.71. The molecule has 2 heterocycles. The zero-order valence-electron chi connectivity index (χ0n) is 23.8. The fourth-order valence-corrected chi connectivity index (χ4v) is 6.80. The van der Waals surface area contributed by atoms with E-state index in [1.807, 2.05) is 0 Å². The summed E-state index contributed by atoms with van der Waals surface area (Å²) in [5, 5.41) is 0. The van der Waals surface area contributed by atoms with Crippen molar-refractivity contribution in [1.29, 1.82) is 0 Å². The quantitative estimate of drug-likeness (QED) is 0.262. The predicted molar refractivity (Wildman–Crippen MR) is 134 cm³/mol. The van der Waals surface area contributed by atoms with E-state index in [0.717, 1.165) is 58.4 Å². The second-order valence-corrected chi connectivity index (χ2v) is 11.8. The molecule has 11 heteroatoms. The molecular formula is C28H40O11. The van der Waals surface area contributed by atoms with Gasteiger partial charge in [-0.2, -0.15) is 0 Å². The van der Waals surface area contributed by atoms with Crippen LogP contribution in [0.25, 0.3) is 0 Å². The molecule has 0 radical (unpaired) electrons. The zero-order chi connectivity index (χ0) is 28.8. The lowest BCUT2D eigenvalue weighted by molar-refractivity contribution is -0.343. The van der Waals surface area contributed by atoms with Gasteiger partial charge < -0.3 is 33.2 Å². The molecule has 3 fully saturated rings. The van der Waals surface area contributed by atoms with E-state index in [9.17, 15) is 19.2 Å². The number of carbonyl (C=O) groups excluding carboxylic acids is 4. The molecule has 2 aliphatic heterocycles. The summed E-state index contributed by atoms with van der Waals surface area (Å²) in [5.41, 5.74) is 0.128. The third-order valence-electron chi connectivity index (χ3n) is 8.62. The molecule has 1 unspecified atom stereocenters. The Kier molecular flexibility index (Phi) is 8.18. The standard InChI is InChI=1S/C28H40O11/c1-15(29)34-21-22(35-16(2)30)24(38-25(37-18(4)32)23(21)36-17(3)31)33-14-20-9-8-11-27(7)12-10-19-13-28(20,27)39-26(19,5)6/h9,19,21-25H,8,10-14H2,1-7H3/t19-,21-,22-,23+,24-,25+,27+,28?/m1/s1. The highest BCUT2D eigenvalue weighted by atomic mass is 16.8. The van der Waals surface area contributed by atoms with E-state index in [2.05, 4.69) is 26.8 Å². The Morgan fingerprint density at radius 2 is 1.38 bits per heavy atom. The highest BCUT2D eigenvalue weighted by molar-refractivity contribution is 5.69. The highest BCUT2D eigenvalue weighted by Crippen LogP contribution is 2.64. The van der Waals surface area contributed by atoms with Crippen molar-refractivity contribution in [2.45, 2.75) is 123 Å². The minimum absolute atomic E-state index is 0.0611. The Hall–Kier alpha value is -2.50. The summed E-state index contributed by atoms with van der Waals surface area (Å²) in [6.45, 7) is 11.3. The van der Waals surface area contributed by atoms with Crippen LogP contribution in [0.4, 0.5) is 0 Å². The second-order valence-electron chi connectivity index (χ2n) is 11.8. The maximum atomic E-state index is 12.1. The first kappa shape index (κ1) is 29.5. The van der Waals surface area contributed by atoms with E-state index < -0.39 is 60.4 Å². The summed E-state index contributed by atoms with van der Waals surface area (Å²) in [6.07, 6.45) is 0.188. The van der Waals surface area contributed by atoms with Gasteiger partial charge >= 0.3 is 23.9 Å². The van der Waals surface area contributed by atoms with Crippen molar-refractivity contribution in [3.8, 4) is 0 Å². The van der Waals surface area contributed by atoms with Gasteiger partial charge in [0.1, 0.15) is 0 Å². The molecule has 2 bridgehead atoms. The van der Waals surface area contributed by atoms with Crippen molar-refractivity contribution in [3.63, 3.8) is 0 Å². The van der Waals surface area contributed by atoms with Crippen LogP contribution >= 0.6 is 0 Å². The van der Waals surface area contributed by atoms with Crippen LogP contribution in [-0.2, 0) is 52.3 Å². The van der Waals surface area contributed by atoms with Gasteiger partial charge in [-0.25, -0.2) is 0 Å². The molecule has 0 aromatic rings. The largest absolute Gasteiger partial charge is 0.454 e. The first-order valence-corrected chi connectivity index (χ1v) is 13.5. The van der Waals surface area contributed by atoms with Crippen LogP contribution in [0, 0.1) is 11.3 Å². The topological polar surface area (TPSA) is 133 Å². The van der Waals surface area contributed by atoms with Crippen LogP contribution in [-0.4, -0.2) is 72.6 Å². The zero-order valence-corrected chi connectivity index (χ0v) is 23.8. The van der Waals surface area contributed by atoms with Crippen LogP contribution < -0.4 is 0 Å². The minimum Gasteiger partial charge on any atom is -0.454 e. The molecule has 8 atom stereocenters. The Morgan fingerprint density at radius 1 is 0.821 bits per heavy atom. The van der Waals surface area contributed by atoms with Crippen molar-refractivity contribution in [3.05, 3.63) is 11.6 Å². The van der Waals surface area contributed by atoms with Crippen molar-refractivity contribution < 1.29 is 52.3 Å². The number of fused-ring (bicyclic) bond motifs is 1. The van der Waals surface area contributed by atoms with Gasteiger partial charge in [-0.15, -0.1) is 0 Å². The van der Waals surface area contributed by atoms with E-state index in [-0.39, 0.29) is 17.6 Å². The third-order valence-corrected chi connectivity index (χ3v) is 8.62. The average Bonchev–Trinajstić information content (AvgIpc) is 3.03. The fourth-order valence-electron chi connectivity index (χ4n) is 6.80. The monoisotopic (exact) mass is 552 g/mol. The Balaban J connectivity index is 1.64. The Morgan fingerprint density at radius 3 is 1.97 bits per heavy atom. The molecule has 1 spiro atoms. The number of rotatable bonds is 7. The van der Waals surface area contributed by atoms with Gasteiger partial charge in [-0.3, -0.25) is 19.2 Å². The van der Waals surface area contributed by atoms with Crippen LogP contribution in [0.1, 0.15) is 80.6 Å². The minimum atomic E-state index is -1.47. The van der Waals surface area contributed by atoms with Gasteiger partial charge in [0.15, 0.2) is 12.2 Å². The van der Waals surface area contributed by atoms with Crippen LogP contribution in [0.3, 0.4) is 0 Å².